The molecular weight excluding hydrogens is 536 g/mol. The van der Waals surface area contributed by atoms with Gasteiger partial charge in [-0.2, -0.15) is 0 Å². The Morgan fingerprint density at radius 2 is 1.51 bits per heavy atom. The number of anilines is 2. The molecule has 4 aromatic rings. The van der Waals surface area contributed by atoms with Gasteiger partial charge in [0, 0.05) is 11.6 Å². The van der Waals surface area contributed by atoms with Crippen molar-refractivity contribution in [3.05, 3.63) is 107 Å². The molecule has 0 aliphatic heterocycles. The van der Waals surface area contributed by atoms with Crippen molar-refractivity contribution in [1.29, 1.82) is 0 Å². The maximum Gasteiger partial charge on any atom is 0.255 e. The molecule has 200 valence electrons. The maximum absolute atomic E-state index is 13.1. The molecule has 0 bridgehead atoms. The standard InChI is InChI=1S/C30H27ClN2O5S/c1-3-28(39(37,38)23-11-7-8-19(2)16-23)30(36)32-25-18-27(34)26(17-24(25)31)33-29(35)22-14-12-21(13-15-22)20-9-5-4-6-10-20/h4-18,28,34H,3H2,1-2H3,(H,32,36)(H,33,35). The zero-order valence-electron chi connectivity index (χ0n) is 21.3. The van der Waals surface area contributed by atoms with Gasteiger partial charge in [-0.1, -0.05) is 73.1 Å². The van der Waals surface area contributed by atoms with Gasteiger partial charge in [-0.3, -0.25) is 9.59 Å². The van der Waals surface area contributed by atoms with Gasteiger partial charge in [0.05, 0.1) is 21.3 Å². The Balaban J connectivity index is 1.49. The average molecular weight is 563 g/mol. The molecule has 7 nitrogen and oxygen atoms in total. The lowest BCUT2D eigenvalue weighted by Crippen LogP contribution is -2.34. The van der Waals surface area contributed by atoms with Crippen LogP contribution in [0.15, 0.2) is 95.9 Å². The minimum absolute atomic E-state index is 0.0127. The lowest BCUT2D eigenvalue weighted by atomic mass is 10.0. The van der Waals surface area contributed by atoms with Crippen LogP contribution in [0.1, 0.15) is 29.3 Å². The minimum Gasteiger partial charge on any atom is -0.506 e. The van der Waals surface area contributed by atoms with Gasteiger partial charge in [0.2, 0.25) is 5.91 Å². The van der Waals surface area contributed by atoms with Crippen LogP contribution in [0.3, 0.4) is 0 Å². The summed E-state index contributed by atoms with van der Waals surface area (Å²) in [5.74, 6) is -1.60. The molecule has 3 N–H and O–H groups in total. The maximum atomic E-state index is 13.1. The molecule has 1 unspecified atom stereocenters. The van der Waals surface area contributed by atoms with Crippen molar-refractivity contribution in [3.63, 3.8) is 0 Å². The second-order valence-corrected chi connectivity index (χ2v) is 11.5. The number of aromatic hydroxyl groups is 1. The summed E-state index contributed by atoms with van der Waals surface area (Å²) in [4.78, 5) is 25.8. The predicted octanol–water partition coefficient (Wildman–Crippen LogP) is 6.46. The van der Waals surface area contributed by atoms with E-state index in [0.717, 1.165) is 16.7 Å². The molecule has 0 heterocycles. The quantitative estimate of drug-likeness (QED) is 0.213. The smallest absolute Gasteiger partial charge is 0.255 e. The second-order valence-electron chi connectivity index (χ2n) is 8.99. The first-order valence-corrected chi connectivity index (χ1v) is 14.1. The number of hydrogen-bond acceptors (Lipinski definition) is 5. The molecule has 4 rings (SSSR count). The van der Waals surface area contributed by atoms with Crippen molar-refractivity contribution in [2.75, 3.05) is 10.6 Å². The van der Waals surface area contributed by atoms with Crippen molar-refractivity contribution in [2.24, 2.45) is 0 Å². The zero-order valence-corrected chi connectivity index (χ0v) is 22.9. The molecule has 39 heavy (non-hydrogen) atoms. The SMILES string of the molecule is CCC(C(=O)Nc1cc(O)c(NC(=O)c2ccc(-c3ccccc3)cc2)cc1Cl)S(=O)(=O)c1cccc(C)c1. The first-order valence-electron chi connectivity index (χ1n) is 12.2. The lowest BCUT2D eigenvalue weighted by molar-refractivity contribution is -0.115. The van der Waals surface area contributed by atoms with Crippen molar-refractivity contribution < 1.29 is 23.1 Å². The Morgan fingerprint density at radius 3 is 2.15 bits per heavy atom. The zero-order chi connectivity index (χ0) is 28.2. The highest BCUT2D eigenvalue weighted by atomic mass is 35.5. The molecule has 0 saturated carbocycles. The Kier molecular flexibility index (Phi) is 8.38. The number of halogens is 1. The number of carbonyl (C=O) groups excluding carboxylic acids is 2. The molecule has 4 aromatic carbocycles. The summed E-state index contributed by atoms with van der Waals surface area (Å²) in [7, 11) is -3.97. The van der Waals surface area contributed by atoms with Gasteiger partial charge in [0.1, 0.15) is 11.0 Å². The average Bonchev–Trinajstić information content (AvgIpc) is 2.92. The number of phenols is 1. The van der Waals surface area contributed by atoms with Gasteiger partial charge in [-0.15, -0.1) is 0 Å². The molecular formula is C30H27ClN2O5S. The number of aryl methyl sites for hydroxylation is 1. The first-order chi connectivity index (χ1) is 18.6. The number of carbonyl (C=O) groups is 2. The molecule has 0 aliphatic carbocycles. The summed E-state index contributed by atoms with van der Waals surface area (Å²) < 4.78 is 26.2. The van der Waals surface area contributed by atoms with E-state index in [1.165, 1.54) is 24.3 Å². The van der Waals surface area contributed by atoms with E-state index >= 15 is 0 Å². The number of sulfone groups is 1. The number of amides is 2. The van der Waals surface area contributed by atoms with Crippen molar-refractivity contribution in [1.82, 2.24) is 0 Å². The van der Waals surface area contributed by atoms with E-state index in [1.54, 1.807) is 38.1 Å². The molecule has 0 fully saturated rings. The van der Waals surface area contributed by atoms with Gasteiger partial charge < -0.3 is 15.7 Å². The molecule has 0 spiro atoms. The highest BCUT2D eigenvalue weighted by Gasteiger charge is 2.33. The highest BCUT2D eigenvalue weighted by Crippen LogP contribution is 2.35. The van der Waals surface area contributed by atoms with Crippen LogP contribution >= 0.6 is 11.6 Å². The molecule has 0 radical (unpaired) electrons. The summed E-state index contributed by atoms with van der Waals surface area (Å²) >= 11 is 6.34. The van der Waals surface area contributed by atoms with Gasteiger partial charge >= 0.3 is 0 Å². The lowest BCUT2D eigenvalue weighted by Gasteiger charge is -2.18. The Morgan fingerprint density at radius 1 is 0.846 bits per heavy atom. The van der Waals surface area contributed by atoms with Crippen LogP contribution in [0.4, 0.5) is 11.4 Å². The van der Waals surface area contributed by atoms with Crippen molar-refractivity contribution in [2.45, 2.75) is 30.4 Å². The van der Waals surface area contributed by atoms with E-state index in [2.05, 4.69) is 10.6 Å². The summed E-state index contributed by atoms with van der Waals surface area (Å²) in [5, 5.41) is 14.3. The second kappa shape index (κ2) is 11.7. The number of hydrogen-bond donors (Lipinski definition) is 3. The van der Waals surface area contributed by atoms with Crippen LogP contribution in [0.25, 0.3) is 11.1 Å². The minimum atomic E-state index is -3.97. The van der Waals surface area contributed by atoms with E-state index in [-0.39, 0.29) is 33.5 Å². The molecule has 0 aliphatic rings. The largest absolute Gasteiger partial charge is 0.506 e. The molecule has 9 heteroatoms. The topological polar surface area (TPSA) is 113 Å². The summed E-state index contributed by atoms with van der Waals surface area (Å²) in [6.45, 7) is 3.37. The Labute approximate surface area is 232 Å². The number of nitrogens with one attached hydrogen (secondary N) is 2. The van der Waals surface area contributed by atoms with Crippen LogP contribution in [-0.2, 0) is 14.6 Å². The molecule has 0 saturated heterocycles. The fourth-order valence-electron chi connectivity index (χ4n) is 4.11. The van der Waals surface area contributed by atoms with Crippen LogP contribution in [-0.4, -0.2) is 30.6 Å². The summed E-state index contributed by atoms with van der Waals surface area (Å²) in [6, 6.07) is 25.5. The normalized spacial score (nSPS) is 12.0. The third-order valence-corrected chi connectivity index (χ3v) is 8.72. The van der Waals surface area contributed by atoms with Gasteiger partial charge in [0.25, 0.3) is 5.91 Å². The number of rotatable bonds is 8. The monoisotopic (exact) mass is 562 g/mol. The number of benzene rings is 4. The van der Waals surface area contributed by atoms with Crippen LogP contribution in [0, 0.1) is 6.92 Å². The molecule has 2 amide bonds. The van der Waals surface area contributed by atoms with E-state index in [9.17, 15) is 23.1 Å². The fourth-order valence-corrected chi connectivity index (χ4v) is 6.05. The van der Waals surface area contributed by atoms with Gasteiger partial charge in [-0.25, -0.2) is 8.42 Å². The van der Waals surface area contributed by atoms with E-state index in [4.69, 9.17) is 11.6 Å². The Hall–Kier alpha value is -4.14. The van der Waals surface area contributed by atoms with Crippen LogP contribution < -0.4 is 10.6 Å². The van der Waals surface area contributed by atoms with Gasteiger partial charge in [0.15, 0.2) is 9.84 Å². The van der Waals surface area contributed by atoms with Crippen LogP contribution in [0.2, 0.25) is 5.02 Å². The third-order valence-electron chi connectivity index (χ3n) is 6.20. The molecule has 0 aromatic heterocycles. The van der Waals surface area contributed by atoms with Crippen molar-refractivity contribution in [3.8, 4) is 16.9 Å². The van der Waals surface area contributed by atoms with Crippen molar-refractivity contribution >= 4 is 44.6 Å². The number of phenolic OH excluding ortho intramolecular Hbond substituents is 1. The summed E-state index contributed by atoms with van der Waals surface area (Å²) in [6.07, 6.45) is 0.0307. The summed E-state index contributed by atoms with van der Waals surface area (Å²) in [5.41, 5.74) is 3.15. The van der Waals surface area contributed by atoms with Gasteiger partial charge in [-0.05, 0) is 60.4 Å². The van der Waals surface area contributed by atoms with E-state index in [0.29, 0.717) is 5.56 Å². The van der Waals surface area contributed by atoms with E-state index < -0.39 is 26.9 Å². The van der Waals surface area contributed by atoms with Crippen LogP contribution in [0.5, 0.6) is 5.75 Å². The predicted molar refractivity (Wildman–Crippen MR) is 154 cm³/mol. The Bertz CT molecular complexity index is 1620. The van der Waals surface area contributed by atoms with E-state index in [1.807, 2.05) is 42.5 Å². The highest BCUT2D eigenvalue weighted by molar-refractivity contribution is 7.92. The third kappa shape index (κ3) is 6.30. The first kappa shape index (κ1) is 27.9. The molecule has 1 atom stereocenters. The fraction of sp³-hybridized carbons (Fsp3) is 0.133.